The summed E-state index contributed by atoms with van der Waals surface area (Å²) in [4.78, 5) is 27.6. The van der Waals surface area contributed by atoms with E-state index in [0.29, 0.717) is 19.7 Å². The van der Waals surface area contributed by atoms with Gasteiger partial charge in [-0.1, -0.05) is 6.58 Å². The van der Waals surface area contributed by atoms with Crippen molar-refractivity contribution in [2.75, 3.05) is 32.8 Å². The number of ether oxygens (including phenoxy) is 1. The molecule has 1 aliphatic heterocycles. The van der Waals surface area contributed by atoms with Crippen molar-refractivity contribution in [3.05, 3.63) is 12.7 Å². The average molecular weight is 296 g/mol. The minimum absolute atomic E-state index is 0.0568. The van der Waals surface area contributed by atoms with Crippen LogP contribution in [0.25, 0.3) is 0 Å². The highest BCUT2D eigenvalue weighted by Gasteiger charge is 2.48. The Morgan fingerprint density at radius 1 is 1.52 bits per heavy atom. The molecule has 6 nitrogen and oxygen atoms in total. The van der Waals surface area contributed by atoms with Crippen LogP contribution in [0.4, 0.5) is 0 Å². The summed E-state index contributed by atoms with van der Waals surface area (Å²) in [6.07, 6.45) is 3.84. The van der Waals surface area contributed by atoms with Gasteiger partial charge in [-0.25, -0.2) is 0 Å². The lowest BCUT2D eigenvalue weighted by Gasteiger charge is -2.54. The van der Waals surface area contributed by atoms with E-state index < -0.39 is 0 Å². The van der Waals surface area contributed by atoms with Crippen molar-refractivity contribution >= 4 is 11.8 Å². The second-order valence-electron chi connectivity index (χ2n) is 5.75. The molecule has 0 radical (unpaired) electrons. The predicted molar refractivity (Wildman–Crippen MR) is 77.6 cm³/mol. The molecule has 2 fully saturated rings. The summed E-state index contributed by atoms with van der Waals surface area (Å²) < 4.78 is 5.62. The van der Waals surface area contributed by atoms with E-state index in [0.717, 1.165) is 19.3 Å². The Morgan fingerprint density at radius 3 is 2.71 bits per heavy atom. The number of carbonyl (C=O) groups is 2. The van der Waals surface area contributed by atoms with Gasteiger partial charge in [-0.15, -0.1) is 0 Å². The number of likely N-dealkylation sites (N-methyl/N-ethyl adjacent to an activating group) is 1. The van der Waals surface area contributed by atoms with Crippen LogP contribution < -0.4 is 0 Å². The summed E-state index contributed by atoms with van der Waals surface area (Å²) in [6.45, 7) is 6.61. The van der Waals surface area contributed by atoms with Crippen molar-refractivity contribution in [3.8, 4) is 0 Å². The average Bonchev–Trinajstić information content (AvgIpc) is 2.49. The Labute approximate surface area is 125 Å². The molecule has 1 unspecified atom stereocenters. The maximum atomic E-state index is 12.6. The number of carbonyl (C=O) groups excluding carboxylic acids is 2. The van der Waals surface area contributed by atoms with Gasteiger partial charge < -0.3 is 19.6 Å². The van der Waals surface area contributed by atoms with E-state index in [-0.39, 0.29) is 36.6 Å². The highest BCUT2D eigenvalue weighted by atomic mass is 16.5. The van der Waals surface area contributed by atoms with Crippen molar-refractivity contribution in [2.24, 2.45) is 0 Å². The van der Waals surface area contributed by atoms with Crippen LogP contribution in [-0.4, -0.2) is 71.2 Å². The quantitative estimate of drug-likeness (QED) is 0.734. The van der Waals surface area contributed by atoms with E-state index in [1.54, 1.807) is 0 Å². The molecule has 0 bridgehead atoms. The van der Waals surface area contributed by atoms with Crippen molar-refractivity contribution in [2.45, 2.75) is 37.8 Å². The van der Waals surface area contributed by atoms with Crippen molar-refractivity contribution in [1.82, 2.24) is 9.80 Å². The van der Waals surface area contributed by atoms with Crippen LogP contribution in [0.1, 0.15) is 26.2 Å². The third-order valence-corrected chi connectivity index (χ3v) is 4.53. The lowest BCUT2D eigenvalue weighted by Crippen LogP contribution is -2.66. The first-order valence-corrected chi connectivity index (χ1v) is 7.50. The van der Waals surface area contributed by atoms with E-state index in [1.165, 1.54) is 11.0 Å². The monoisotopic (exact) mass is 296 g/mol. The molecule has 2 aliphatic rings. The maximum Gasteiger partial charge on any atom is 0.246 e. The van der Waals surface area contributed by atoms with Gasteiger partial charge in [0.2, 0.25) is 11.8 Å². The number of aliphatic hydroxyl groups is 1. The molecule has 1 N–H and O–H groups in total. The first-order valence-electron chi connectivity index (χ1n) is 7.50. The number of hydrogen-bond acceptors (Lipinski definition) is 4. The normalized spacial score (nSPS) is 23.5. The fourth-order valence-corrected chi connectivity index (χ4v) is 3.00. The van der Waals surface area contributed by atoms with E-state index >= 15 is 0 Å². The van der Waals surface area contributed by atoms with Crippen LogP contribution in [0.2, 0.25) is 0 Å². The topological polar surface area (TPSA) is 70.1 Å². The maximum absolute atomic E-state index is 12.6. The highest BCUT2D eigenvalue weighted by molar-refractivity contribution is 5.91. The van der Waals surface area contributed by atoms with Crippen molar-refractivity contribution in [3.63, 3.8) is 0 Å². The Morgan fingerprint density at radius 2 is 2.24 bits per heavy atom. The van der Waals surface area contributed by atoms with Gasteiger partial charge in [-0.05, 0) is 32.3 Å². The van der Waals surface area contributed by atoms with Crippen LogP contribution in [-0.2, 0) is 14.3 Å². The van der Waals surface area contributed by atoms with E-state index in [2.05, 4.69) is 6.58 Å². The zero-order valence-electron chi connectivity index (χ0n) is 12.6. The number of nitrogens with zero attached hydrogens (tertiary/aromatic N) is 2. The second kappa shape index (κ2) is 6.58. The van der Waals surface area contributed by atoms with E-state index in [1.807, 2.05) is 11.8 Å². The fourth-order valence-electron chi connectivity index (χ4n) is 3.00. The van der Waals surface area contributed by atoms with Gasteiger partial charge in [0.1, 0.15) is 6.54 Å². The molecule has 1 spiro atoms. The largest absolute Gasteiger partial charge is 0.394 e. The molecular weight excluding hydrogens is 272 g/mol. The first-order chi connectivity index (χ1) is 10.1. The van der Waals surface area contributed by atoms with Crippen LogP contribution in [0.3, 0.4) is 0 Å². The molecule has 1 saturated heterocycles. The Kier molecular flexibility index (Phi) is 5.00. The van der Waals surface area contributed by atoms with Crippen LogP contribution in [0.15, 0.2) is 12.7 Å². The van der Waals surface area contributed by atoms with E-state index in [4.69, 9.17) is 4.74 Å². The number of hydrogen-bond donors (Lipinski definition) is 1. The minimum atomic E-state index is -0.328. The van der Waals surface area contributed by atoms with Crippen LogP contribution >= 0.6 is 0 Å². The molecule has 0 aromatic carbocycles. The predicted octanol–water partition coefficient (Wildman–Crippen LogP) is 0.163. The lowest BCUT2D eigenvalue weighted by molar-refractivity contribution is -0.176. The molecule has 1 saturated carbocycles. The number of amides is 2. The third-order valence-electron chi connectivity index (χ3n) is 4.53. The minimum Gasteiger partial charge on any atom is -0.394 e. The molecule has 21 heavy (non-hydrogen) atoms. The lowest BCUT2D eigenvalue weighted by atomic mass is 9.74. The SMILES string of the molecule is C=CC(=O)N(CC)CC(=O)N1CC(CO)OCC12CCC2. The fraction of sp³-hybridized carbons (Fsp3) is 0.733. The summed E-state index contributed by atoms with van der Waals surface area (Å²) in [6, 6.07) is 0. The molecule has 1 atom stereocenters. The van der Waals surface area contributed by atoms with Gasteiger partial charge in [-0.3, -0.25) is 9.59 Å². The van der Waals surface area contributed by atoms with Crippen molar-refractivity contribution < 1.29 is 19.4 Å². The van der Waals surface area contributed by atoms with Gasteiger partial charge in [0.05, 0.1) is 24.9 Å². The smallest absolute Gasteiger partial charge is 0.246 e. The highest BCUT2D eigenvalue weighted by Crippen LogP contribution is 2.40. The number of morpholine rings is 1. The van der Waals surface area contributed by atoms with Crippen LogP contribution in [0, 0.1) is 0 Å². The van der Waals surface area contributed by atoms with Gasteiger partial charge in [-0.2, -0.15) is 0 Å². The molecule has 6 heteroatoms. The molecule has 118 valence electrons. The van der Waals surface area contributed by atoms with Crippen LogP contribution in [0.5, 0.6) is 0 Å². The second-order valence-corrected chi connectivity index (χ2v) is 5.75. The van der Waals surface area contributed by atoms with E-state index in [9.17, 15) is 14.7 Å². The van der Waals surface area contributed by atoms with Gasteiger partial charge in [0.25, 0.3) is 0 Å². The van der Waals surface area contributed by atoms with Gasteiger partial charge >= 0.3 is 0 Å². The molecule has 2 amide bonds. The molecule has 1 aliphatic carbocycles. The first kappa shape index (κ1) is 16.0. The van der Waals surface area contributed by atoms with Crippen molar-refractivity contribution in [1.29, 1.82) is 0 Å². The Hall–Kier alpha value is -1.40. The summed E-state index contributed by atoms with van der Waals surface area (Å²) >= 11 is 0. The number of rotatable bonds is 5. The summed E-state index contributed by atoms with van der Waals surface area (Å²) in [5.74, 6) is -0.311. The zero-order chi connectivity index (χ0) is 15.5. The van der Waals surface area contributed by atoms with Gasteiger partial charge in [0.15, 0.2) is 0 Å². The molecule has 2 rings (SSSR count). The number of aliphatic hydroxyl groups excluding tert-OH is 1. The summed E-state index contributed by atoms with van der Waals surface area (Å²) in [5, 5.41) is 9.27. The Balaban J connectivity index is 2.07. The molecule has 1 heterocycles. The molecular formula is C15H24N2O4. The molecule has 0 aromatic rings. The van der Waals surface area contributed by atoms with Gasteiger partial charge in [0, 0.05) is 13.1 Å². The third kappa shape index (κ3) is 3.11. The standard InChI is InChI=1S/C15H24N2O4/c1-3-13(19)16(4-2)9-14(20)17-8-12(10-18)21-11-15(17)6-5-7-15/h3,12,18H,1,4-11H2,2H3. The molecule has 0 aromatic heterocycles. The Bertz CT molecular complexity index is 420. The zero-order valence-corrected chi connectivity index (χ0v) is 12.6. The summed E-state index contributed by atoms with van der Waals surface area (Å²) in [5.41, 5.74) is -0.223. The summed E-state index contributed by atoms with van der Waals surface area (Å²) in [7, 11) is 0.